The van der Waals surface area contributed by atoms with Crippen molar-refractivity contribution in [3.8, 4) is 5.69 Å². The number of nitrogens with one attached hydrogen (secondary N) is 3. The van der Waals surface area contributed by atoms with Crippen LogP contribution >= 0.6 is 22.9 Å². The Kier molecular flexibility index (Phi) is 9.21. The summed E-state index contributed by atoms with van der Waals surface area (Å²) in [4.78, 5) is 39.5. The van der Waals surface area contributed by atoms with Gasteiger partial charge in [-0.25, -0.2) is 13.2 Å². The number of thiophene rings is 1. The molecule has 1 saturated heterocycles. The normalized spacial score (nSPS) is 17.6. The molecule has 1 aliphatic rings. The molecule has 0 bridgehead atoms. The first-order valence-electron chi connectivity index (χ1n) is 11.8. The van der Waals surface area contributed by atoms with Gasteiger partial charge in [0.25, 0.3) is 17.9 Å². The monoisotopic (exact) mass is 567 g/mol. The minimum Gasteiger partial charge on any atom is -0.347 e. The third kappa shape index (κ3) is 7.22. The van der Waals surface area contributed by atoms with Crippen LogP contribution in [0, 0.1) is 5.82 Å². The number of likely N-dealkylation sites (tertiary alicyclic amines) is 1. The molecule has 202 valence electrons. The zero-order chi connectivity index (χ0) is 27.2. The molecule has 0 aliphatic carbocycles. The summed E-state index contributed by atoms with van der Waals surface area (Å²) in [5.41, 5.74) is -0.0804. The first-order chi connectivity index (χ1) is 18.2. The number of anilines is 1. The summed E-state index contributed by atoms with van der Waals surface area (Å²) in [6.07, 6.45) is -0.582. The van der Waals surface area contributed by atoms with Gasteiger partial charge < -0.3 is 16.0 Å². The molecular formula is C25H25ClF3N5O3S. The Hall–Kier alpha value is -3.19. The zero-order valence-electron chi connectivity index (χ0n) is 20.0. The largest absolute Gasteiger partial charge is 0.347 e. The highest BCUT2D eigenvalue weighted by molar-refractivity contribution is 7.18. The molecule has 3 heterocycles. The van der Waals surface area contributed by atoms with Gasteiger partial charge in [-0.15, -0.1) is 11.3 Å². The van der Waals surface area contributed by atoms with E-state index in [1.54, 1.807) is 29.2 Å². The highest BCUT2D eigenvalue weighted by atomic mass is 35.5. The maximum absolute atomic E-state index is 14.7. The van der Waals surface area contributed by atoms with Crippen LogP contribution in [0.2, 0.25) is 4.34 Å². The Bertz CT molecular complexity index is 1350. The first-order valence-corrected chi connectivity index (χ1v) is 13.0. The number of alkyl halides is 2. The van der Waals surface area contributed by atoms with E-state index in [1.807, 2.05) is 0 Å². The minimum absolute atomic E-state index is 0.0614. The van der Waals surface area contributed by atoms with Crippen LogP contribution in [0.15, 0.2) is 59.5 Å². The van der Waals surface area contributed by atoms with Crippen LogP contribution in [0.4, 0.5) is 18.9 Å². The molecule has 3 aromatic rings. The third-order valence-electron chi connectivity index (χ3n) is 6.01. The number of pyridine rings is 1. The van der Waals surface area contributed by atoms with Crippen LogP contribution in [0.1, 0.15) is 16.1 Å². The molecule has 8 nitrogen and oxygen atoms in total. The lowest BCUT2D eigenvalue weighted by molar-refractivity contribution is -0.117. The first kappa shape index (κ1) is 27.8. The molecule has 0 radical (unpaired) electrons. The van der Waals surface area contributed by atoms with E-state index in [1.165, 1.54) is 29.0 Å². The molecule has 0 saturated carbocycles. The van der Waals surface area contributed by atoms with Crippen molar-refractivity contribution in [3.63, 3.8) is 0 Å². The second-order valence-electron chi connectivity index (χ2n) is 8.76. The summed E-state index contributed by atoms with van der Waals surface area (Å²) in [7, 11) is 0. The molecule has 2 atom stereocenters. The van der Waals surface area contributed by atoms with E-state index in [-0.39, 0.29) is 42.3 Å². The lowest BCUT2D eigenvalue weighted by Crippen LogP contribution is -2.43. The fourth-order valence-electron chi connectivity index (χ4n) is 4.32. The Morgan fingerprint density at radius 3 is 2.66 bits per heavy atom. The zero-order valence-corrected chi connectivity index (χ0v) is 21.6. The van der Waals surface area contributed by atoms with Gasteiger partial charge in [-0.05, 0) is 36.8 Å². The van der Waals surface area contributed by atoms with E-state index in [9.17, 15) is 27.6 Å². The Morgan fingerprint density at radius 2 is 1.97 bits per heavy atom. The van der Waals surface area contributed by atoms with Gasteiger partial charge in [0.05, 0.1) is 33.7 Å². The SMILES string of the molecule is O=C(CN1C[C@H](NC(=O)c2ccc(Cl)s2)C[C@H]1CNCC(F)F)Nc1ccc(-n2ccccc2=O)cc1F. The molecule has 13 heteroatoms. The predicted molar refractivity (Wildman–Crippen MR) is 140 cm³/mol. The number of amides is 2. The molecule has 4 rings (SSSR count). The number of aromatic nitrogens is 1. The van der Waals surface area contributed by atoms with Gasteiger partial charge in [0.2, 0.25) is 5.91 Å². The lowest BCUT2D eigenvalue weighted by atomic mass is 10.1. The standard InChI is InChI=1S/C25H25ClF3N5O3S/c26-21-7-6-20(38-21)25(37)31-15-9-17(11-30-12-22(28)29)33(13-15)14-23(35)32-19-5-4-16(10-18(19)27)34-8-2-1-3-24(34)36/h1-8,10,15,17,22,30H,9,11-14H2,(H,31,37)(H,32,35)/t15-,17+/m1/s1. The van der Waals surface area contributed by atoms with E-state index >= 15 is 0 Å². The number of rotatable bonds is 10. The van der Waals surface area contributed by atoms with Crippen molar-refractivity contribution in [3.05, 3.63) is 80.1 Å². The predicted octanol–water partition coefficient (Wildman–Crippen LogP) is 3.36. The van der Waals surface area contributed by atoms with Crippen LogP contribution in [-0.2, 0) is 4.79 Å². The van der Waals surface area contributed by atoms with Gasteiger partial charge in [-0.2, -0.15) is 0 Å². The van der Waals surface area contributed by atoms with Gasteiger partial charge in [0.1, 0.15) is 5.82 Å². The summed E-state index contributed by atoms with van der Waals surface area (Å²) in [6, 6.07) is 11.2. The van der Waals surface area contributed by atoms with Crippen LogP contribution in [0.3, 0.4) is 0 Å². The second kappa shape index (κ2) is 12.6. The summed E-state index contributed by atoms with van der Waals surface area (Å²) in [6.45, 7) is -0.151. The number of carbonyl (C=O) groups is 2. The van der Waals surface area contributed by atoms with E-state index in [2.05, 4.69) is 16.0 Å². The second-order valence-corrected chi connectivity index (χ2v) is 10.5. The summed E-state index contributed by atoms with van der Waals surface area (Å²) in [5.74, 6) is -1.54. The van der Waals surface area contributed by atoms with E-state index in [4.69, 9.17) is 11.6 Å². The maximum Gasteiger partial charge on any atom is 0.261 e. The summed E-state index contributed by atoms with van der Waals surface area (Å²) in [5, 5.41) is 8.11. The van der Waals surface area contributed by atoms with Crippen molar-refractivity contribution in [2.45, 2.75) is 24.9 Å². The number of benzene rings is 1. The van der Waals surface area contributed by atoms with Gasteiger partial charge in [-0.1, -0.05) is 17.7 Å². The Labute approximate surface area is 225 Å². The van der Waals surface area contributed by atoms with Crippen molar-refractivity contribution in [2.24, 2.45) is 0 Å². The average molecular weight is 568 g/mol. The van der Waals surface area contributed by atoms with Crippen molar-refractivity contribution in [1.82, 2.24) is 20.1 Å². The number of hydrogen-bond donors (Lipinski definition) is 3. The van der Waals surface area contributed by atoms with E-state index in [0.29, 0.717) is 27.9 Å². The topological polar surface area (TPSA) is 95.5 Å². The highest BCUT2D eigenvalue weighted by Gasteiger charge is 2.34. The average Bonchev–Trinajstić information content (AvgIpc) is 3.46. The summed E-state index contributed by atoms with van der Waals surface area (Å²) >= 11 is 7.04. The molecule has 0 unspecified atom stereocenters. The molecule has 1 fully saturated rings. The molecule has 38 heavy (non-hydrogen) atoms. The van der Waals surface area contributed by atoms with Crippen LogP contribution in [0.25, 0.3) is 5.69 Å². The van der Waals surface area contributed by atoms with Gasteiger partial charge >= 0.3 is 0 Å². The number of nitrogens with zero attached hydrogens (tertiary/aromatic N) is 2. The van der Waals surface area contributed by atoms with Crippen molar-refractivity contribution in [2.75, 3.05) is 31.5 Å². The number of halogens is 4. The molecule has 2 aromatic heterocycles. The molecule has 0 spiro atoms. The fourth-order valence-corrected chi connectivity index (χ4v) is 5.26. The maximum atomic E-state index is 14.7. The number of carbonyl (C=O) groups excluding carboxylic acids is 2. The quantitative estimate of drug-likeness (QED) is 0.349. The van der Waals surface area contributed by atoms with E-state index < -0.39 is 24.7 Å². The van der Waals surface area contributed by atoms with Crippen LogP contribution < -0.4 is 21.5 Å². The fraction of sp³-hybridized carbons (Fsp3) is 0.320. The van der Waals surface area contributed by atoms with Crippen molar-refractivity contribution >= 4 is 40.4 Å². The van der Waals surface area contributed by atoms with Crippen LogP contribution in [-0.4, -0.2) is 66.0 Å². The molecule has 1 aliphatic heterocycles. The Morgan fingerprint density at radius 1 is 1.16 bits per heavy atom. The van der Waals surface area contributed by atoms with Gasteiger partial charge in [0, 0.05) is 43.5 Å². The van der Waals surface area contributed by atoms with Gasteiger partial charge in [0.15, 0.2) is 0 Å². The highest BCUT2D eigenvalue weighted by Crippen LogP contribution is 2.23. The summed E-state index contributed by atoms with van der Waals surface area (Å²) < 4.78 is 41.8. The van der Waals surface area contributed by atoms with Crippen LogP contribution in [0.5, 0.6) is 0 Å². The smallest absolute Gasteiger partial charge is 0.261 e. The third-order valence-corrected chi connectivity index (χ3v) is 7.24. The van der Waals surface area contributed by atoms with E-state index in [0.717, 1.165) is 17.4 Å². The molecular weight excluding hydrogens is 543 g/mol. The van der Waals surface area contributed by atoms with Crippen molar-refractivity contribution in [1.29, 1.82) is 0 Å². The molecule has 3 N–H and O–H groups in total. The van der Waals surface area contributed by atoms with Crippen molar-refractivity contribution < 1.29 is 22.8 Å². The molecule has 1 aromatic carbocycles. The lowest BCUT2D eigenvalue weighted by Gasteiger charge is -2.24. The molecule has 2 amide bonds. The van der Waals surface area contributed by atoms with Gasteiger partial charge in [-0.3, -0.25) is 23.9 Å². The minimum atomic E-state index is -2.52. The number of hydrogen-bond acceptors (Lipinski definition) is 6. The Balaban J connectivity index is 1.40.